The van der Waals surface area contributed by atoms with Gasteiger partial charge in [-0.3, -0.25) is 24.5 Å². The van der Waals surface area contributed by atoms with E-state index in [1.54, 1.807) is 13.0 Å². The van der Waals surface area contributed by atoms with Crippen molar-refractivity contribution < 1.29 is 28.4 Å². The van der Waals surface area contributed by atoms with Crippen LogP contribution in [0.3, 0.4) is 0 Å². The maximum atomic E-state index is 12.9. The van der Waals surface area contributed by atoms with Crippen LogP contribution in [-0.4, -0.2) is 35.7 Å². The van der Waals surface area contributed by atoms with Crippen molar-refractivity contribution in [1.82, 2.24) is 0 Å². The van der Waals surface area contributed by atoms with Gasteiger partial charge in [-0.15, -0.1) is 0 Å². The number of benzene rings is 2. The Morgan fingerprint density at radius 1 is 1.24 bits per heavy atom. The van der Waals surface area contributed by atoms with Gasteiger partial charge in [-0.1, -0.05) is 6.07 Å². The van der Waals surface area contributed by atoms with Crippen LogP contribution in [0.25, 0.3) is 0 Å². The van der Waals surface area contributed by atoms with E-state index >= 15 is 0 Å². The molecule has 1 saturated heterocycles. The van der Waals surface area contributed by atoms with Gasteiger partial charge in [-0.05, 0) is 37.3 Å². The fourth-order valence-corrected chi connectivity index (χ4v) is 3.05. The maximum Gasteiger partial charge on any atom is 0.311 e. The Bertz CT molecular complexity index is 989. The van der Waals surface area contributed by atoms with E-state index in [1.165, 1.54) is 29.2 Å². The summed E-state index contributed by atoms with van der Waals surface area (Å²) in [6.45, 7) is 1.07. The fraction of sp³-hybridized carbons (Fsp3) is 0.250. The van der Waals surface area contributed by atoms with Crippen LogP contribution in [0.5, 0.6) is 0 Å². The Hall–Kier alpha value is -3.62. The molecule has 3 rings (SSSR count). The smallest absolute Gasteiger partial charge is 0.311 e. The third kappa shape index (κ3) is 4.45. The molecule has 0 bridgehead atoms. The molecule has 1 fully saturated rings. The van der Waals surface area contributed by atoms with Gasteiger partial charge in [-0.2, -0.15) is 0 Å². The van der Waals surface area contributed by atoms with Crippen LogP contribution in [0.2, 0.25) is 0 Å². The third-order valence-electron chi connectivity index (χ3n) is 4.67. The summed E-state index contributed by atoms with van der Waals surface area (Å²) in [7, 11) is 0. The zero-order valence-corrected chi connectivity index (χ0v) is 15.5. The second-order valence-corrected chi connectivity index (χ2v) is 6.67. The topological polar surface area (TPSA) is 107 Å². The first-order valence-corrected chi connectivity index (χ1v) is 8.77. The zero-order chi connectivity index (χ0) is 21.1. The number of carbonyl (C=O) groups excluding carboxylic acids is 3. The molecule has 1 amide bonds. The number of esters is 1. The lowest BCUT2D eigenvalue weighted by atomic mass is 10.1. The number of aryl methyl sites for hydroxylation is 1. The Balaban J connectivity index is 1.63. The molecule has 1 aliphatic rings. The number of amides is 1. The predicted octanol–water partition coefficient (Wildman–Crippen LogP) is 2.82. The summed E-state index contributed by atoms with van der Waals surface area (Å²) in [6.07, 6.45) is -0.120. The van der Waals surface area contributed by atoms with Crippen molar-refractivity contribution in [2.45, 2.75) is 13.3 Å². The second kappa shape index (κ2) is 8.17. The van der Waals surface area contributed by atoms with Gasteiger partial charge < -0.3 is 9.64 Å². The SMILES string of the molecule is Cc1ccc(N2C[C@H](C(=O)OCC(=O)c3ccc(F)cc3)CC2=O)cc1[N+](=O)[O-]. The highest BCUT2D eigenvalue weighted by molar-refractivity contribution is 6.01. The van der Waals surface area contributed by atoms with E-state index < -0.39 is 35.0 Å². The molecule has 0 saturated carbocycles. The minimum atomic E-state index is -0.788. The molecule has 29 heavy (non-hydrogen) atoms. The number of anilines is 1. The highest BCUT2D eigenvalue weighted by atomic mass is 19.1. The number of ketones is 1. The first-order chi connectivity index (χ1) is 13.8. The Labute approximate surface area is 165 Å². The van der Waals surface area contributed by atoms with Crippen LogP contribution in [0.15, 0.2) is 42.5 Å². The third-order valence-corrected chi connectivity index (χ3v) is 4.67. The van der Waals surface area contributed by atoms with Crippen molar-refractivity contribution in [3.8, 4) is 0 Å². The average Bonchev–Trinajstić information content (AvgIpc) is 3.08. The lowest BCUT2D eigenvalue weighted by molar-refractivity contribution is -0.385. The molecule has 9 heteroatoms. The number of nitro benzene ring substituents is 1. The van der Waals surface area contributed by atoms with E-state index in [2.05, 4.69) is 0 Å². The van der Waals surface area contributed by atoms with Gasteiger partial charge in [0.2, 0.25) is 5.91 Å². The van der Waals surface area contributed by atoms with Crippen LogP contribution in [-0.2, 0) is 14.3 Å². The molecule has 1 aliphatic heterocycles. The van der Waals surface area contributed by atoms with Gasteiger partial charge in [0.05, 0.1) is 16.5 Å². The van der Waals surface area contributed by atoms with Crippen molar-refractivity contribution in [2.75, 3.05) is 18.1 Å². The molecule has 0 unspecified atom stereocenters. The van der Waals surface area contributed by atoms with E-state index in [0.29, 0.717) is 11.3 Å². The predicted molar refractivity (Wildman–Crippen MR) is 100.0 cm³/mol. The highest BCUT2D eigenvalue weighted by Gasteiger charge is 2.37. The lowest BCUT2D eigenvalue weighted by Gasteiger charge is -2.16. The summed E-state index contributed by atoms with van der Waals surface area (Å²) in [5, 5.41) is 11.1. The van der Waals surface area contributed by atoms with E-state index in [9.17, 15) is 28.9 Å². The number of halogens is 1. The van der Waals surface area contributed by atoms with Crippen molar-refractivity contribution >= 4 is 29.0 Å². The molecule has 0 aliphatic carbocycles. The molecule has 2 aromatic carbocycles. The summed E-state index contributed by atoms with van der Waals surface area (Å²) in [5.41, 5.74) is 0.868. The van der Waals surface area contributed by atoms with Crippen LogP contribution in [0.4, 0.5) is 15.8 Å². The molecule has 8 nitrogen and oxygen atoms in total. The van der Waals surface area contributed by atoms with E-state index in [0.717, 1.165) is 12.1 Å². The largest absolute Gasteiger partial charge is 0.457 e. The molecule has 0 aromatic heterocycles. The Morgan fingerprint density at radius 2 is 1.93 bits per heavy atom. The lowest BCUT2D eigenvalue weighted by Crippen LogP contribution is -2.27. The summed E-state index contributed by atoms with van der Waals surface area (Å²) in [4.78, 5) is 48.4. The van der Waals surface area contributed by atoms with Crippen LogP contribution in [0.1, 0.15) is 22.3 Å². The number of hydrogen-bond acceptors (Lipinski definition) is 6. The molecular weight excluding hydrogens is 383 g/mol. The maximum absolute atomic E-state index is 12.9. The Kier molecular flexibility index (Phi) is 5.67. The Morgan fingerprint density at radius 3 is 2.59 bits per heavy atom. The van der Waals surface area contributed by atoms with Gasteiger partial charge in [0, 0.05) is 30.2 Å². The van der Waals surface area contributed by atoms with E-state index in [-0.39, 0.29) is 30.1 Å². The van der Waals surface area contributed by atoms with E-state index in [4.69, 9.17) is 4.74 Å². The highest BCUT2D eigenvalue weighted by Crippen LogP contribution is 2.30. The van der Waals surface area contributed by atoms with Gasteiger partial charge in [0.1, 0.15) is 5.82 Å². The summed E-state index contributed by atoms with van der Waals surface area (Å²) in [5.74, 6) is -2.84. The van der Waals surface area contributed by atoms with Crippen LogP contribution >= 0.6 is 0 Å². The monoisotopic (exact) mass is 400 g/mol. The summed E-state index contributed by atoms with van der Waals surface area (Å²) >= 11 is 0. The van der Waals surface area contributed by atoms with Crippen molar-refractivity contribution in [3.05, 3.63) is 69.5 Å². The number of Topliss-reactive ketones (excluding diaryl/α,β-unsaturated/α-hetero) is 1. The molecule has 0 radical (unpaired) electrons. The number of nitro groups is 1. The quantitative estimate of drug-likeness (QED) is 0.319. The zero-order valence-electron chi connectivity index (χ0n) is 15.5. The first-order valence-electron chi connectivity index (χ1n) is 8.77. The van der Waals surface area contributed by atoms with E-state index in [1.807, 2.05) is 0 Å². The van der Waals surface area contributed by atoms with Gasteiger partial charge in [-0.25, -0.2) is 4.39 Å². The molecule has 1 atom stereocenters. The number of rotatable bonds is 6. The first kappa shape index (κ1) is 20.1. The van der Waals surface area contributed by atoms with Crippen LogP contribution in [0, 0.1) is 28.8 Å². The average molecular weight is 400 g/mol. The summed E-state index contributed by atoms with van der Waals surface area (Å²) in [6, 6.07) is 9.23. The molecular formula is C20H17FN2O6. The number of ether oxygens (including phenoxy) is 1. The normalized spacial score (nSPS) is 16.0. The second-order valence-electron chi connectivity index (χ2n) is 6.67. The van der Waals surface area contributed by atoms with Crippen LogP contribution < -0.4 is 4.90 Å². The van der Waals surface area contributed by atoms with Gasteiger partial charge >= 0.3 is 5.97 Å². The molecule has 2 aromatic rings. The molecule has 0 spiro atoms. The van der Waals surface area contributed by atoms with Crippen molar-refractivity contribution in [2.24, 2.45) is 5.92 Å². The number of hydrogen-bond donors (Lipinski definition) is 0. The molecule has 1 heterocycles. The number of nitrogens with zero attached hydrogens (tertiary/aromatic N) is 2. The van der Waals surface area contributed by atoms with Crippen molar-refractivity contribution in [3.63, 3.8) is 0 Å². The minimum Gasteiger partial charge on any atom is -0.457 e. The minimum absolute atomic E-state index is 0.00260. The molecule has 0 N–H and O–H groups in total. The summed E-state index contributed by atoms with van der Waals surface area (Å²) < 4.78 is 17.9. The van der Waals surface area contributed by atoms with Crippen molar-refractivity contribution in [1.29, 1.82) is 0 Å². The standard InChI is InChI=1S/C20H17FN2O6/c1-12-2-7-16(9-17(12)23(27)28)22-10-14(8-19(22)25)20(26)29-11-18(24)13-3-5-15(21)6-4-13/h2-7,9,14H,8,10-11H2,1H3/t14-/m1/s1. The fourth-order valence-electron chi connectivity index (χ4n) is 3.05. The van der Waals surface area contributed by atoms with Gasteiger partial charge in [0.15, 0.2) is 12.4 Å². The number of carbonyl (C=O) groups is 3. The van der Waals surface area contributed by atoms with Gasteiger partial charge in [0.25, 0.3) is 5.69 Å². The molecule has 150 valence electrons.